The summed E-state index contributed by atoms with van der Waals surface area (Å²) in [4.78, 5) is 37.2. The minimum absolute atomic E-state index is 0.208. The number of aromatic nitrogens is 1. The molecule has 184 valence electrons. The van der Waals surface area contributed by atoms with Gasteiger partial charge in [0.05, 0.1) is 0 Å². The van der Waals surface area contributed by atoms with Crippen molar-refractivity contribution in [3.05, 3.63) is 23.4 Å². The number of aryl methyl sites for hydroxylation is 2. The SMILES string of the molecule is O=C(CCc1ccc2c(n1)NCCC2)N[C@@H](CC1CCCCC1)C(=O)O.O=C(O)C(F)(F)F. The van der Waals surface area contributed by atoms with E-state index < -0.39 is 24.2 Å². The second-order valence-electron chi connectivity index (χ2n) is 8.34. The summed E-state index contributed by atoms with van der Waals surface area (Å²) < 4.78 is 31.7. The first-order chi connectivity index (χ1) is 15.6. The molecular weight excluding hydrogens is 443 g/mol. The summed E-state index contributed by atoms with van der Waals surface area (Å²) in [5.74, 6) is -2.55. The molecule has 4 N–H and O–H groups in total. The number of halogens is 3. The maximum Gasteiger partial charge on any atom is 0.490 e. The standard InChI is InChI=1S/C20H29N3O3.C2HF3O2/c24-18(23-17(20(25)26)13-14-5-2-1-3-6-14)11-10-16-9-8-15-7-4-12-21-19(15)22-16;3-2(4,5)1(6)7/h8-9,14,17H,1-7,10-13H2,(H,21,22)(H,23,24)(H,25,26);(H,6,7)/t17-;/m0./s1. The lowest BCUT2D eigenvalue weighted by Gasteiger charge is -2.25. The molecule has 1 aliphatic heterocycles. The summed E-state index contributed by atoms with van der Waals surface area (Å²) in [6.07, 6.45) is 4.14. The third-order valence-corrected chi connectivity index (χ3v) is 5.73. The highest BCUT2D eigenvalue weighted by Crippen LogP contribution is 2.27. The first kappa shape index (κ1) is 26.4. The number of rotatable bonds is 7. The zero-order chi connectivity index (χ0) is 24.4. The highest BCUT2D eigenvalue weighted by molar-refractivity contribution is 5.83. The van der Waals surface area contributed by atoms with Gasteiger partial charge in [0.2, 0.25) is 5.91 Å². The average molecular weight is 473 g/mol. The molecule has 33 heavy (non-hydrogen) atoms. The molecule has 0 radical (unpaired) electrons. The predicted octanol–water partition coefficient (Wildman–Crippen LogP) is 3.55. The number of pyridine rings is 1. The van der Waals surface area contributed by atoms with Crippen LogP contribution in [0, 0.1) is 5.92 Å². The number of fused-ring (bicyclic) bond motifs is 1. The van der Waals surface area contributed by atoms with Crippen molar-refractivity contribution in [2.24, 2.45) is 5.92 Å². The van der Waals surface area contributed by atoms with Crippen molar-refractivity contribution in [2.45, 2.75) is 76.4 Å². The number of alkyl halides is 3. The first-order valence-corrected chi connectivity index (χ1v) is 11.1. The van der Waals surface area contributed by atoms with E-state index in [1.165, 1.54) is 24.8 Å². The van der Waals surface area contributed by atoms with Gasteiger partial charge in [-0.2, -0.15) is 13.2 Å². The number of anilines is 1. The summed E-state index contributed by atoms with van der Waals surface area (Å²) >= 11 is 0. The van der Waals surface area contributed by atoms with E-state index in [0.29, 0.717) is 18.8 Å². The number of carbonyl (C=O) groups is 3. The van der Waals surface area contributed by atoms with Crippen molar-refractivity contribution < 1.29 is 37.8 Å². The molecule has 0 aromatic carbocycles. The molecule has 0 saturated heterocycles. The Morgan fingerprint density at radius 2 is 1.79 bits per heavy atom. The van der Waals surface area contributed by atoms with Gasteiger partial charge in [-0.15, -0.1) is 0 Å². The lowest BCUT2D eigenvalue weighted by molar-refractivity contribution is -0.192. The van der Waals surface area contributed by atoms with Crippen LogP contribution in [0.2, 0.25) is 0 Å². The molecule has 1 aliphatic carbocycles. The van der Waals surface area contributed by atoms with E-state index in [0.717, 1.165) is 43.7 Å². The lowest BCUT2D eigenvalue weighted by atomic mass is 9.85. The van der Waals surface area contributed by atoms with Crippen LogP contribution in [-0.2, 0) is 27.2 Å². The van der Waals surface area contributed by atoms with Crippen molar-refractivity contribution in [3.8, 4) is 0 Å². The molecule has 8 nitrogen and oxygen atoms in total. The topological polar surface area (TPSA) is 129 Å². The third kappa shape index (κ3) is 9.27. The molecule has 1 aromatic rings. The van der Waals surface area contributed by atoms with Crippen LogP contribution in [0.25, 0.3) is 0 Å². The van der Waals surface area contributed by atoms with Gasteiger partial charge in [0.1, 0.15) is 11.9 Å². The zero-order valence-corrected chi connectivity index (χ0v) is 18.3. The minimum atomic E-state index is -5.08. The Hall–Kier alpha value is -2.85. The van der Waals surface area contributed by atoms with Crippen LogP contribution in [0.3, 0.4) is 0 Å². The Labute approximate surface area is 190 Å². The molecule has 1 fully saturated rings. The summed E-state index contributed by atoms with van der Waals surface area (Å²) in [6.45, 7) is 0.936. The Kier molecular flexibility index (Phi) is 9.93. The summed E-state index contributed by atoms with van der Waals surface area (Å²) in [5.41, 5.74) is 2.09. The van der Waals surface area contributed by atoms with E-state index in [9.17, 15) is 27.9 Å². The number of hydrogen-bond donors (Lipinski definition) is 4. The first-order valence-electron chi connectivity index (χ1n) is 11.1. The summed E-state index contributed by atoms with van der Waals surface area (Å²) in [5, 5.41) is 22.6. The number of nitrogens with one attached hydrogen (secondary N) is 2. The van der Waals surface area contributed by atoms with E-state index in [1.54, 1.807) is 0 Å². The van der Waals surface area contributed by atoms with E-state index in [2.05, 4.69) is 21.7 Å². The Bertz CT molecular complexity index is 826. The van der Waals surface area contributed by atoms with Crippen LogP contribution < -0.4 is 10.6 Å². The quantitative estimate of drug-likeness (QED) is 0.477. The zero-order valence-electron chi connectivity index (χ0n) is 18.3. The van der Waals surface area contributed by atoms with Crippen molar-refractivity contribution >= 4 is 23.7 Å². The molecule has 3 rings (SSSR count). The van der Waals surface area contributed by atoms with Gasteiger partial charge in [-0.25, -0.2) is 14.6 Å². The van der Waals surface area contributed by atoms with E-state index in [-0.39, 0.29) is 12.3 Å². The van der Waals surface area contributed by atoms with Crippen LogP contribution >= 0.6 is 0 Å². The Balaban J connectivity index is 0.000000479. The maximum absolute atomic E-state index is 12.2. The highest BCUT2D eigenvalue weighted by Gasteiger charge is 2.38. The van der Waals surface area contributed by atoms with E-state index in [1.807, 2.05) is 6.07 Å². The molecule has 0 spiro atoms. The second kappa shape index (κ2) is 12.4. The number of hydrogen-bond acceptors (Lipinski definition) is 5. The molecule has 2 heterocycles. The van der Waals surface area contributed by atoms with Crippen molar-refractivity contribution in [2.75, 3.05) is 11.9 Å². The van der Waals surface area contributed by atoms with Gasteiger partial charge in [0.15, 0.2) is 0 Å². The van der Waals surface area contributed by atoms with Gasteiger partial charge in [-0.1, -0.05) is 38.2 Å². The van der Waals surface area contributed by atoms with Gasteiger partial charge in [-0.3, -0.25) is 4.79 Å². The fraction of sp³-hybridized carbons (Fsp3) is 0.636. The van der Waals surface area contributed by atoms with Gasteiger partial charge in [0, 0.05) is 18.7 Å². The fourth-order valence-corrected chi connectivity index (χ4v) is 3.99. The predicted molar refractivity (Wildman–Crippen MR) is 114 cm³/mol. The summed E-state index contributed by atoms with van der Waals surface area (Å²) in [7, 11) is 0. The van der Waals surface area contributed by atoms with Crippen LogP contribution in [0.1, 0.15) is 62.6 Å². The fourth-order valence-electron chi connectivity index (χ4n) is 3.99. The van der Waals surface area contributed by atoms with Crippen LogP contribution in [0.5, 0.6) is 0 Å². The smallest absolute Gasteiger partial charge is 0.480 e. The molecule has 0 unspecified atom stereocenters. The van der Waals surface area contributed by atoms with Gasteiger partial charge >= 0.3 is 18.1 Å². The molecule has 1 saturated carbocycles. The van der Waals surface area contributed by atoms with E-state index in [4.69, 9.17) is 9.90 Å². The number of nitrogens with zero attached hydrogens (tertiary/aromatic N) is 1. The Morgan fingerprint density at radius 3 is 2.39 bits per heavy atom. The van der Waals surface area contributed by atoms with Crippen molar-refractivity contribution in [1.82, 2.24) is 10.3 Å². The number of amides is 1. The van der Waals surface area contributed by atoms with Gasteiger partial charge in [-0.05, 0) is 43.2 Å². The average Bonchev–Trinajstić information content (AvgIpc) is 2.77. The number of carboxylic acids is 2. The molecule has 2 aliphatic rings. The minimum Gasteiger partial charge on any atom is -0.480 e. The normalized spacial score (nSPS) is 16.9. The lowest BCUT2D eigenvalue weighted by Crippen LogP contribution is -2.42. The molecule has 1 atom stereocenters. The van der Waals surface area contributed by atoms with Crippen LogP contribution in [0.15, 0.2) is 12.1 Å². The number of aliphatic carboxylic acids is 2. The Morgan fingerprint density at radius 1 is 1.12 bits per heavy atom. The maximum atomic E-state index is 12.2. The van der Waals surface area contributed by atoms with Gasteiger partial charge < -0.3 is 20.8 Å². The number of carbonyl (C=O) groups excluding carboxylic acids is 1. The monoisotopic (exact) mass is 473 g/mol. The van der Waals surface area contributed by atoms with Crippen LogP contribution in [-0.4, -0.2) is 51.8 Å². The molecule has 11 heteroatoms. The largest absolute Gasteiger partial charge is 0.490 e. The van der Waals surface area contributed by atoms with E-state index >= 15 is 0 Å². The van der Waals surface area contributed by atoms with Crippen LogP contribution in [0.4, 0.5) is 19.0 Å². The molecular formula is C22H30F3N3O5. The second-order valence-corrected chi connectivity index (χ2v) is 8.34. The van der Waals surface area contributed by atoms with Crippen molar-refractivity contribution in [1.29, 1.82) is 0 Å². The van der Waals surface area contributed by atoms with Crippen molar-refractivity contribution in [3.63, 3.8) is 0 Å². The van der Waals surface area contributed by atoms with Gasteiger partial charge in [0.25, 0.3) is 0 Å². The molecule has 1 amide bonds. The molecule has 1 aromatic heterocycles. The number of carboxylic acid groups (broad SMARTS) is 2. The third-order valence-electron chi connectivity index (χ3n) is 5.73. The summed E-state index contributed by atoms with van der Waals surface area (Å²) in [6, 6.07) is 3.27. The highest BCUT2D eigenvalue weighted by atomic mass is 19.4. The molecule has 0 bridgehead atoms.